The van der Waals surface area contributed by atoms with Crippen LogP contribution in [0, 0.1) is 3.70 Å². The van der Waals surface area contributed by atoms with Crippen molar-refractivity contribution < 1.29 is 4.74 Å². The number of rotatable bonds is 0. The van der Waals surface area contributed by atoms with Gasteiger partial charge in [0.1, 0.15) is 21.3 Å². The van der Waals surface area contributed by atoms with Gasteiger partial charge in [0.25, 0.3) is 0 Å². The molecule has 6 heteroatoms. The zero-order valence-electron chi connectivity index (χ0n) is 8.15. The molecule has 3 rings (SSSR count). The van der Waals surface area contributed by atoms with Gasteiger partial charge in [-0.1, -0.05) is 11.6 Å². The number of imidazole rings is 1. The predicted molar refractivity (Wildman–Crippen MR) is 68.7 cm³/mol. The third-order valence-electron chi connectivity index (χ3n) is 2.39. The van der Waals surface area contributed by atoms with Crippen LogP contribution in [0.3, 0.4) is 0 Å². The van der Waals surface area contributed by atoms with Gasteiger partial charge in [-0.15, -0.1) is 0 Å². The van der Waals surface area contributed by atoms with E-state index in [4.69, 9.17) is 16.3 Å². The van der Waals surface area contributed by atoms with Crippen LogP contribution >= 0.6 is 34.2 Å². The molecule has 3 heterocycles. The van der Waals surface area contributed by atoms with Crippen molar-refractivity contribution in [3.63, 3.8) is 0 Å². The third kappa shape index (κ3) is 1.67. The van der Waals surface area contributed by atoms with E-state index in [1.165, 1.54) is 0 Å². The van der Waals surface area contributed by atoms with Gasteiger partial charge in [0.2, 0.25) is 5.88 Å². The van der Waals surface area contributed by atoms with Crippen molar-refractivity contribution >= 4 is 34.2 Å². The average molecular weight is 348 g/mol. The summed E-state index contributed by atoms with van der Waals surface area (Å²) in [6.07, 6.45) is 2.00. The van der Waals surface area contributed by atoms with Crippen LogP contribution in [0.25, 0.3) is 11.4 Å². The number of halogens is 2. The Morgan fingerprint density at radius 2 is 2.25 bits per heavy atom. The molecule has 1 aliphatic rings. The van der Waals surface area contributed by atoms with Crippen LogP contribution in [-0.2, 0) is 6.54 Å². The number of pyridine rings is 1. The Hall–Kier alpha value is -0.820. The molecule has 2 aromatic heterocycles. The third-order valence-corrected chi connectivity index (χ3v) is 3.12. The molecule has 2 aromatic rings. The fourth-order valence-electron chi connectivity index (χ4n) is 1.71. The maximum Gasteiger partial charge on any atom is 0.226 e. The standard InChI is InChI=1S/C10H7ClIN3O/c11-7-2-1-6-9-14-8(12)5-15(9)3-4-16-10(6)13-7/h1-2,5H,3-4H2. The van der Waals surface area contributed by atoms with Crippen molar-refractivity contribution in [1.29, 1.82) is 0 Å². The van der Waals surface area contributed by atoms with Crippen LogP contribution in [0.2, 0.25) is 5.15 Å². The molecule has 0 saturated carbocycles. The van der Waals surface area contributed by atoms with E-state index in [1.54, 1.807) is 6.07 Å². The fourth-order valence-corrected chi connectivity index (χ4v) is 2.41. The molecule has 0 radical (unpaired) electrons. The lowest BCUT2D eigenvalue weighted by molar-refractivity contribution is 0.296. The van der Waals surface area contributed by atoms with Gasteiger partial charge in [0.15, 0.2) is 0 Å². The molecule has 0 aliphatic carbocycles. The van der Waals surface area contributed by atoms with Crippen LogP contribution in [0.1, 0.15) is 0 Å². The summed E-state index contributed by atoms with van der Waals surface area (Å²) in [5, 5.41) is 0.438. The smallest absolute Gasteiger partial charge is 0.226 e. The molecular formula is C10H7ClIN3O. The fraction of sp³-hybridized carbons (Fsp3) is 0.200. The topological polar surface area (TPSA) is 39.9 Å². The Morgan fingerprint density at radius 1 is 1.38 bits per heavy atom. The molecule has 0 fully saturated rings. The molecule has 0 amide bonds. The highest BCUT2D eigenvalue weighted by molar-refractivity contribution is 14.1. The normalized spacial score (nSPS) is 13.6. The highest BCUT2D eigenvalue weighted by Gasteiger charge is 2.18. The van der Waals surface area contributed by atoms with Crippen LogP contribution in [0.15, 0.2) is 18.3 Å². The first-order chi connectivity index (χ1) is 7.74. The first-order valence-corrected chi connectivity index (χ1v) is 6.22. The Bertz CT molecular complexity index is 555. The van der Waals surface area contributed by atoms with E-state index >= 15 is 0 Å². The van der Waals surface area contributed by atoms with Gasteiger partial charge < -0.3 is 9.30 Å². The van der Waals surface area contributed by atoms with Crippen molar-refractivity contribution in [3.8, 4) is 17.3 Å². The number of hydrogen-bond acceptors (Lipinski definition) is 3. The molecule has 0 aromatic carbocycles. The second kappa shape index (κ2) is 3.89. The zero-order chi connectivity index (χ0) is 11.1. The predicted octanol–water partition coefficient (Wildman–Crippen LogP) is 2.60. The molecular weight excluding hydrogens is 340 g/mol. The van der Waals surface area contributed by atoms with E-state index < -0.39 is 0 Å². The van der Waals surface area contributed by atoms with Crippen molar-refractivity contribution in [2.75, 3.05) is 6.61 Å². The highest BCUT2D eigenvalue weighted by atomic mass is 127. The molecule has 0 spiro atoms. The summed E-state index contributed by atoms with van der Waals surface area (Å²) >= 11 is 8.04. The minimum Gasteiger partial charge on any atom is -0.475 e. The van der Waals surface area contributed by atoms with Crippen molar-refractivity contribution in [2.24, 2.45) is 0 Å². The number of hydrogen-bond donors (Lipinski definition) is 0. The Kier molecular flexibility index (Phi) is 2.51. The Morgan fingerprint density at radius 3 is 3.12 bits per heavy atom. The Balaban J connectivity index is 2.24. The zero-order valence-corrected chi connectivity index (χ0v) is 11.1. The first-order valence-electron chi connectivity index (χ1n) is 4.76. The van der Waals surface area contributed by atoms with Gasteiger partial charge in [-0.25, -0.2) is 9.97 Å². The SMILES string of the molecule is Clc1ccc2c(n1)OCCn1cc(I)nc1-2. The lowest BCUT2D eigenvalue weighted by atomic mass is 10.2. The molecule has 0 N–H and O–H groups in total. The number of fused-ring (bicyclic) bond motifs is 3. The number of nitrogens with zero attached hydrogens (tertiary/aromatic N) is 3. The molecule has 16 heavy (non-hydrogen) atoms. The molecule has 0 bridgehead atoms. The summed E-state index contributed by atoms with van der Waals surface area (Å²) in [6.45, 7) is 1.36. The summed E-state index contributed by atoms with van der Waals surface area (Å²) < 4.78 is 8.59. The number of ether oxygens (including phenoxy) is 1. The summed E-state index contributed by atoms with van der Waals surface area (Å²) in [5.74, 6) is 1.45. The lowest BCUT2D eigenvalue weighted by Gasteiger charge is -2.04. The molecule has 0 atom stereocenters. The van der Waals surface area contributed by atoms with Crippen LogP contribution < -0.4 is 4.74 Å². The maximum atomic E-state index is 5.84. The average Bonchev–Trinajstić information content (AvgIpc) is 2.52. The maximum absolute atomic E-state index is 5.84. The first kappa shape index (κ1) is 10.3. The van der Waals surface area contributed by atoms with E-state index in [0.29, 0.717) is 17.6 Å². The molecule has 82 valence electrons. The van der Waals surface area contributed by atoms with Gasteiger partial charge >= 0.3 is 0 Å². The van der Waals surface area contributed by atoms with E-state index in [0.717, 1.165) is 21.6 Å². The van der Waals surface area contributed by atoms with Crippen molar-refractivity contribution in [2.45, 2.75) is 6.54 Å². The van der Waals surface area contributed by atoms with E-state index in [1.807, 2.05) is 12.3 Å². The van der Waals surface area contributed by atoms with Crippen LogP contribution in [0.5, 0.6) is 5.88 Å². The van der Waals surface area contributed by atoms with E-state index in [2.05, 4.69) is 37.1 Å². The summed E-state index contributed by atoms with van der Waals surface area (Å²) in [6, 6.07) is 3.64. The highest BCUT2D eigenvalue weighted by Crippen LogP contribution is 2.31. The number of aromatic nitrogens is 3. The molecule has 0 saturated heterocycles. The summed E-state index contributed by atoms with van der Waals surface area (Å²) in [7, 11) is 0. The van der Waals surface area contributed by atoms with E-state index in [-0.39, 0.29) is 0 Å². The summed E-state index contributed by atoms with van der Waals surface area (Å²) in [4.78, 5) is 8.64. The molecule has 1 aliphatic heterocycles. The van der Waals surface area contributed by atoms with Gasteiger partial charge in [-0.05, 0) is 34.7 Å². The van der Waals surface area contributed by atoms with Gasteiger partial charge in [0, 0.05) is 6.20 Å². The quantitative estimate of drug-likeness (QED) is 0.543. The van der Waals surface area contributed by atoms with Gasteiger partial charge in [-0.3, -0.25) is 0 Å². The van der Waals surface area contributed by atoms with E-state index in [9.17, 15) is 0 Å². The largest absolute Gasteiger partial charge is 0.475 e. The minimum atomic E-state index is 0.438. The lowest BCUT2D eigenvalue weighted by Crippen LogP contribution is -2.04. The second-order valence-electron chi connectivity index (χ2n) is 3.42. The molecule has 4 nitrogen and oxygen atoms in total. The molecule has 0 unspecified atom stereocenters. The van der Waals surface area contributed by atoms with Gasteiger partial charge in [-0.2, -0.15) is 0 Å². The van der Waals surface area contributed by atoms with Crippen molar-refractivity contribution in [3.05, 3.63) is 27.2 Å². The Labute approximate surface area is 111 Å². The van der Waals surface area contributed by atoms with Crippen LogP contribution in [-0.4, -0.2) is 21.1 Å². The summed E-state index contributed by atoms with van der Waals surface area (Å²) in [5.41, 5.74) is 0.893. The second-order valence-corrected chi connectivity index (χ2v) is 4.91. The van der Waals surface area contributed by atoms with Gasteiger partial charge in [0.05, 0.1) is 12.1 Å². The van der Waals surface area contributed by atoms with Crippen LogP contribution in [0.4, 0.5) is 0 Å². The minimum absolute atomic E-state index is 0.438. The monoisotopic (exact) mass is 347 g/mol. The van der Waals surface area contributed by atoms with Crippen molar-refractivity contribution in [1.82, 2.24) is 14.5 Å².